The summed E-state index contributed by atoms with van der Waals surface area (Å²) in [5.41, 5.74) is 5.45. The summed E-state index contributed by atoms with van der Waals surface area (Å²) in [4.78, 5) is 24.3. The summed E-state index contributed by atoms with van der Waals surface area (Å²) < 4.78 is 187. The number of carboxylic acids is 2. The van der Waals surface area contributed by atoms with E-state index in [0.29, 0.717) is 12.8 Å². The Labute approximate surface area is 389 Å². The molecule has 0 unspecified atom stereocenters. The molecular formula is C29H51N3O33S4. The van der Waals surface area contributed by atoms with Crippen LogP contribution in [0.4, 0.5) is 0 Å². The van der Waals surface area contributed by atoms with Crippen LogP contribution in [0.25, 0.3) is 0 Å². The SMILES string of the molecule is NCCCCCO[C@H]1O[C@H](COS(=O)(=O)O)[C@@H](O[C@@H]2O[C@H](C(=O)O)[C@@H](O[C@H]3O[C@H](COS(=O)(=O)O)[C@@H](O[C@@H]4O[C@@H](C(=O)O)[C@@H](O)[C@H](O)[C@H]4O)[C@H](O)[C@H]3NS(=O)(=O)O)[C@H](O)[C@H]2O)[C@H](O)[C@H]1NS(=O)(=O)O. The van der Waals surface area contributed by atoms with Crippen LogP contribution in [0.5, 0.6) is 0 Å². The van der Waals surface area contributed by atoms with E-state index >= 15 is 0 Å². The minimum atomic E-state index is -5.59. The predicted octanol–water partition coefficient (Wildman–Crippen LogP) is -9.96. The maximum absolute atomic E-state index is 12.7. The maximum Gasteiger partial charge on any atom is 0.397 e. The topological polar surface area (TPSA) is 576 Å². The van der Waals surface area contributed by atoms with Crippen molar-refractivity contribution >= 4 is 53.3 Å². The van der Waals surface area contributed by atoms with Gasteiger partial charge in [-0.1, -0.05) is 0 Å². The van der Waals surface area contributed by atoms with E-state index < -0.39 is 189 Å². The molecule has 4 fully saturated rings. The number of rotatable bonds is 24. The smallest absolute Gasteiger partial charge is 0.397 e. The number of ether oxygens (including phenoxy) is 8. The van der Waals surface area contributed by atoms with Crippen molar-refractivity contribution in [2.75, 3.05) is 26.4 Å². The molecule has 20 atom stereocenters. The van der Waals surface area contributed by atoms with Gasteiger partial charge < -0.3 is 89.6 Å². The van der Waals surface area contributed by atoms with Gasteiger partial charge in [0.05, 0.1) is 13.2 Å². The van der Waals surface area contributed by atoms with Gasteiger partial charge >= 0.3 is 53.3 Å². The second-order valence-electron chi connectivity index (χ2n) is 15.2. The first-order valence-electron chi connectivity index (χ1n) is 19.6. The van der Waals surface area contributed by atoms with E-state index in [1.807, 2.05) is 0 Å². The Balaban J connectivity index is 1.68. The Morgan fingerprint density at radius 1 is 0.493 bits per heavy atom. The highest BCUT2D eigenvalue weighted by Gasteiger charge is 2.58. The van der Waals surface area contributed by atoms with Crippen molar-refractivity contribution in [1.82, 2.24) is 9.44 Å². The second kappa shape index (κ2) is 24.2. The van der Waals surface area contributed by atoms with Crippen molar-refractivity contribution in [2.45, 2.75) is 142 Å². The van der Waals surface area contributed by atoms with Crippen molar-refractivity contribution in [1.29, 1.82) is 0 Å². The summed E-state index contributed by atoms with van der Waals surface area (Å²) in [6.45, 7) is -2.82. The fourth-order valence-corrected chi connectivity index (χ4v) is 8.96. The van der Waals surface area contributed by atoms with E-state index in [2.05, 4.69) is 8.37 Å². The standard InChI is InChI=1S/C29H51N3O33S4/c30-4-2-1-3-5-56-26-10(31-66(44,45)46)12(33)19(8(59-26)6-57-68(50,51)52)62-29-18(39)16(37)21(23(65-29)25(42)43)63-27-11(32-67(47,48)49)13(34)20(9(60-27)7-58-69(53,54)55)61-28-17(38)14(35)15(36)22(64-28)24(40)41/h8-23,26-29,31-39H,1-7,30H2,(H,40,41)(H,42,43)(H,44,45,46)(H,47,48,49)(H,50,51,52)(H,53,54,55)/t8-,9-,10-,11-,12-,13-,14+,15+,16-,17-,18-,19-,20-,21+,22-,23+,26+,27-,28-,29-/m1/s1. The van der Waals surface area contributed by atoms with Crippen molar-refractivity contribution in [3.63, 3.8) is 0 Å². The molecule has 69 heavy (non-hydrogen) atoms. The molecule has 0 saturated carbocycles. The van der Waals surface area contributed by atoms with Gasteiger partial charge in [0.2, 0.25) is 0 Å². The third-order valence-corrected chi connectivity index (χ3v) is 12.3. The third kappa shape index (κ3) is 16.6. The number of aliphatic hydroxyl groups is 7. The van der Waals surface area contributed by atoms with Crippen LogP contribution in [0.15, 0.2) is 0 Å². The van der Waals surface area contributed by atoms with Crippen LogP contribution in [-0.2, 0) is 97.3 Å². The van der Waals surface area contributed by atoms with Gasteiger partial charge in [-0.25, -0.2) is 18.0 Å². The molecule has 0 radical (unpaired) electrons. The molecule has 40 heteroatoms. The van der Waals surface area contributed by atoms with Gasteiger partial charge in [-0.3, -0.25) is 18.2 Å². The van der Waals surface area contributed by atoms with Crippen molar-refractivity contribution in [2.24, 2.45) is 5.73 Å². The minimum absolute atomic E-state index is 0.244. The highest BCUT2D eigenvalue weighted by Crippen LogP contribution is 2.35. The molecule has 0 aromatic heterocycles. The molecule has 4 saturated heterocycles. The zero-order chi connectivity index (χ0) is 52.1. The van der Waals surface area contributed by atoms with Crippen LogP contribution >= 0.6 is 0 Å². The first kappa shape index (κ1) is 59.3. The molecule has 17 N–H and O–H groups in total. The molecule has 0 amide bonds. The summed E-state index contributed by atoms with van der Waals surface area (Å²) >= 11 is 0. The van der Waals surface area contributed by atoms with E-state index in [-0.39, 0.29) is 19.6 Å². The van der Waals surface area contributed by atoms with Crippen molar-refractivity contribution < 1.29 is 154 Å². The number of hydrogen-bond donors (Lipinski definition) is 16. The Morgan fingerprint density at radius 3 is 1.35 bits per heavy atom. The van der Waals surface area contributed by atoms with Crippen LogP contribution in [-0.4, -0.2) is 259 Å². The Bertz CT molecular complexity index is 2170. The van der Waals surface area contributed by atoms with E-state index in [9.17, 15) is 107 Å². The summed E-state index contributed by atoms with van der Waals surface area (Å²) in [7, 11) is -21.7. The third-order valence-electron chi connectivity index (χ3n) is 10.3. The molecule has 0 aromatic rings. The molecular weight excluding hydrogens is 1050 g/mol. The molecule has 4 aliphatic heterocycles. The molecule has 4 rings (SSSR count). The summed E-state index contributed by atoms with van der Waals surface area (Å²) in [6, 6.07) is -4.68. The van der Waals surface area contributed by atoms with Crippen LogP contribution in [0.2, 0.25) is 0 Å². The van der Waals surface area contributed by atoms with E-state index in [1.165, 1.54) is 4.72 Å². The van der Waals surface area contributed by atoms with Gasteiger partial charge in [0, 0.05) is 6.61 Å². The maximum atomic E-state index is 12.7. The average Bonchev–Trinajstić information content (AvgIpc) is 3.21. The first-order valence-corrected chi connectivity index (χ1v) is 25.2. The second-order valence-corrected chi connectivity index (χ2v) is 19.8. The largest absolute Gasteiger partial charge is 0.479 e. The number of carboxylic acid groups (broad SMARTS) is 2. The van der Waals surface area contributed by atoms with Gasteiger partial charge in [0.25, 0.3) is 0 Å². The molecule has 4 aliphatic rings. The highest BCUT2D eigenvalue weighted by atomic mass is 32.3. The number of nitrogens with one attached hydrogen (secondary N) is 2. The molecule has 0 spiro atoms. The lowest BCUT2D eigenvalue weighted by Gasteiger charge is -2.49. The number of aliphatic hydroxyl groups excluding tert-OH is 7. The fraction of sp³-hybridized carbons (Fsp3) is 0.931. The molecule has 404 valence electrons. The number of hydrogen-bond acceptors (Lipinski definition) is 28. The van der Waals surface area contributed by atoms with Gasteiger partial charge in [-0.2, -0.15) is 43.1 Å². The summed E-state index contributed by atoms with van der Waals surface area (Å²) in [5, 5.41) is 95.8. The Kier molecular flexibility index (Phi) is 20.8. The lowest BCUT2D eigenvalue weighted by Crippen LogP contribution is -2.70. The van der Waals surface area contributed by atoms with Gasteiger partial charge in [-0.15, -0.1) is 0 Å². The molecule has 0 aromatic carbocycles. The van der Waals surface area contributed by atoms with E-state index in [0.717, 1.165) is 0 Å². The van der Waals surface area contributed by atoms with Crippen molar-refractivity contribution in [3.8, 4) is 0 Å². The summed E-state index contributed by atoms with van der Waals surface area (Å²) in [6.07, 6.45) is -42.8. The first-order chi connectivity index (χ1) is 31.7. The van der Waals surface area contributed by atoms with Crippen LogP contribution < -0.4 is 15.2 Å². The summed E-state index contributed by atoms with van der Waals surface area (Å²) in [5.74, 6) is -4.12. The lowest BCUT2D eigenvalue weighted by atomic mass is 9.94. The van der Waals surface area contributed by atoms with Crippen molar-refractivity contribution in [3.05, 3.63) is 0 Å². The Morgan fingerprint density at radius 2 is 0.913 bits per heavy atom. The van der Waals surface area contributed by atoms with E-state index in [4.69, 9.17) is 43.6 Å². The quantitative estimate of drug-likeness (QED) is 0.0315. The molecule has 0 aliphatic carbocycles. The van der Waals surface area contributed by atoms with Crippen LogP contribution in [0.3, 0.4) is 0 Å². The van der Waals surface area contributed by atoms with Gasteiger partial charge in [-0.05, 0) is 25.8 Å². The highest BCUT2D eigenvalue weighted by molar-refractivity contribution is 7.84. The van der Waals surface area contributed by atoms with Crippen LogP contribution in [0, 0.1) is 0 Å². The van der Waals surface area contributed by atoms with E-state index in [1.54, 1.807) is 4.72 Å². The van der Waals surface area contributed by atoms with Gasteiger partial charge in [0.15, 0.2) is 37.4 Å². The molecule has 0 bridgehead atoms. The van der Waals surface area contributed by atoms with Gasteiger partial charge in [0.1, 0.15) is 85.3 Å². The monoisotopic (exact) mass is 1100 g/mol. The average molecular weight is 1100 g/mol. The fourth-order valence-electron chi connectivity index (χ4n) is 7.16. The minimum Gasteiger partial charge on any atom is -0.479 e. The number of unbranched alkanes of at least 4 members (excludes halogenated alkanes) is 2. The lowest BCUT2D eigenvalue weighted by molar-refractivity contribution is -0.370. The zero-order valence-electron chi connectivity index (χ0n) is 34.7. The van der Waals surface area contributed by atoms with Crippen LogP contribution in [0.1, 0.15) is 19.3 Å². The number of nitrogens with two attached hydrogens (primary N) is 1. The number of aliphatic carboxylic acids is 2. The molecule has 4 heterocycles. The predicted molar refractivity (Wildman–Crippen MR) is 207 cm³/mol. The number of carbonyl (C=O) groups is 2. The normalized spacial score (nSPS) is 39.5. The Hall–Kier alpha value is -2.22. The molecule has 36 nitrogen and oxygen atoms in total. The zero-order valence-corrected chi connectivity index (χ0v) is 38.0.